The summed E-state index contributed by atoms with van der Waals surface area (Å²) < 4.78 is 10.9. The van der Waals surface area contributed by atoms with Gasteiger partial charge in [0.1, 0.15) is 11.4 Å². The molecule has 174 valence electrons. The second kappa shape index (κ2) is 9.55. The van der Waals surface area contributed by atoms with Crippen LogP contribution in [0.3, 0.4) is 0 Å². The highest BCUT2D eigenvalue weighted by Gasteiger charge is 2.40. The number of ether oxygens (including phenoxy) is 2. The topological polar surface area (TPSA) is 93.9 Å². The van der Waals surface area contributed by atoms with E-state index in [1.807, 2.05) is 25.7 Å². The Labute approximate surface area is 190 Å². The monoisotopic (exact) mass is 453 g/mol. The normalized spacial score (nSPS) is 19.7. The Morgan fingerprint density at radius 1 is 1.23 bits per heavy atom. The number of hydrogen-bond acceptors (Lipinski definition) is 5. The van der Waals surface area contributed by atoms with Crippen LogP contribution in [0.1, 0.15) is 64.7 Å². The molecule has 0 radical (unpaired) electrons. The molecule has 1 aromatic rings. The number of carbonyl (C=O) groups is 2. The molecule has 0 spiro atoms. The molecule has 1 aromatic carbocycles. The highest BCUT2D eigenvalue weighted by atomic mass is 35.5. The van der Waals surface area contributed by atoms with Crippen LogP contribution in [0.25, 0.3) is 0 Å². The molecule has 2 amide bonds. The van der Waals surface area contributed by atoms with E-state index >= 15 is 0 Å². The lowest BCUT2D eigenvalue weighted by molar-refractivity contribution is -0.0151. The second-order valence-corrected chi connectivity index (χ2v) is 10.6. The molecule has 2 atom stereocenters. The zero-order valence-corrected chi connectivity index (χ0v) is 20.4. The summed E-state index contributed by atoms with van der Waals surface area (Å²) in [5.74, 6) is 0.356. The van der Waals surface area contributed by atoms with Gasteiger partial charge >= 0.3 is 6.09 Å². The molecule has 2 rings (SSSR count). The second-order valence-electron chi connectivity index (χ2n) is 10.2. The number of piperidine rings is 1. The predicted octanol–water partition coefficient (Wildman–Crippen LogP) is 4.72. The third-order valence-corrected chi connectivity index (χ3v) is 5.78. The zero-order chi connectivity index (χ0) is 23.6. The first-order valence-electron chi connectivity index (χ1n) is 10.6. The van der Waals surface area contributed by atoms with E-state index in [2.05, 4.69) is 26.1 Å². The molecule has 1 saturated heterocycles. The lowest BCUT2D eigenvalue weighted by Crippen LogP contribution is -2.54. The van der Waals surface area contributed by atoms with Crippen molar-refractivity contribution in [3.05, 3.63) is 22.7 Å². The van der Waals surface area contributed by atoms with Gasteiger partial charge in [-0.2, -0.15) is 0 Å². The number of rotatable bonds is 4. The molecular formula is C23H36ClN3O4. The van der Waals surface area contributed by atoms with Crippen LogP contribution in [0, 0.1) is 11.3 Å². The van der Waals surface area contributed by atoms with Gasteiger partial charge < -0.3 is 25.4 Å². The molecule has 0 bridgehead atoms. The van der Waals surface area contributed by atoms with Gasteiger partial charge in [-0.15, -0.1) is 0 Å². The summed E-state index contributed by atoms with van der Waals surface area (Å²) in [6.45, 7) is 13.1. The van der Waals surface area contributed by atoms with Gasteiger partial charge in [-0.1, -0.05) is 32.4 Å². The highest BCUT2D eigenvalue weighted by molar-refractivity contribution is 6.33. The minimum atomic E-state index is -0.538. The number of halogens is 1. The van der Waals surface area contributed by atoms with E-state index < -0.39 is 5.60 Å². The quantitative estimate of drug-likeness (QED) is 0.643. The largest absolute Gasteiger partial charge is 0.496 e. The minimum absolute atomic E-state index is 0.0125. The number of nitrogens with one attached hydrogen (secondary N) is 1. The first-order chi connectivity index (χ1) is 14.2. The number of nitrogen functional groups attached to an aromatic ring is 1. The first kappa shape index (κ1) is 25.1. The van der Waals surface area contributed by atoms with E-state index in [9.17, 15) is 9.59 Å². The van der Waals surface area contributed by atoms with Gasteiger partial charge in [-0.05, 0) is 51.0 Å². The fourth-order valence-electron chi connectivity index (χ4n) is 3.83. The van der Waals surface area contributed by atoms with E-state index in [1.165, 1.54) is 13.2 Å². The maximum atomic E-state index is 12.8. The summed E-state index contributed by atoms with van der Waals surface area (Å²) in [4.78, 5) is 27.4. The third kappa shape index (κ3) is 6.66. The summed E-state index contributed by atoms with van der Waals surface area (Å²) in [7, 11) is 1.49. The average Bonchev–Trinajstić information content (AvgIpc) is 2.65. The van der Waals surface area contributed by atoms with Crippen molar-refractivity contribution in [2.75, 3.05) is 25.9 Å². The Kier molecular flexibility index (Phi) is 7.74. The molecular weight excluding hydrogens is 418 g/mol. The standard InChI is InChI=1S/C23H36ClN3O4/c1-22(2,3)19-10-14(8-9-27(19)21(29)31-23(4,5)6)13-26-20(28)15-11-16(24)17(25)12-18(15)30-7/h11-12,14,19H,8-10,13,25H2,1-7H3,(H,26,28). The van der Waals surface area contributed by atoms with Crippen molar-refractivity contribution in [1.29, 1.82) is 0 Å². The predicted molar refractivity (Wildman–Crippen MR) is 124 cm³/mol. The van der Waals surface area contributed by atoms with Crippen molar-refractivity contribution in [2.45, 2.75) is 66.0 Å². The van der Waals surface area contributed by atoms with Crippen LogP contribution in [-0.2, 0) is 4.74 Å². The molecule has 7 nitrogen and oxygen atoms in total. The number of nitrogens with zero attached hydrogens (tertiary/aromatic N) is 1. The van der Waals surface area contributed by atoms with Gasteiger partial charge in [0, 0.05) is 25.2 Å². The van der Waals surface area contributed by atoms with Crippen molar-refractivity contribution < 1.29 is 19.1 Å². The smallest absolute Gasteiger partial charge is 0.410 e. The van der Waals surface area contributed by atoms with Crippen LogP contribution in [0.5, 0.6) is 5.75 Å². The van der Waals surface area contributed by atoms with E-state index in [4.69, 9.17) is 26.8 Å². The number of carbonyl (C=O) groups excluding carboxylic acids is 2. The molecule has 1 aliphatic heterocycles. The van der Waals surface area contributed by atoms with Crippen molar-refractivity contribution in [3.8, 4) is 5.75 Å². The Morgan fingerprint density at radius 2 is 1.87 bits per heavy atom. The summed E-state index contributed by atoms with van der Waals surface area (Å²) in [5, 5.41) is 3.30. The molecule has 0 aromatic heterocycles. The van der Waals surface area contributed by atoms with Crippen LogP contribution in [0.4, 0.5) is 10.5 Å². The Hall–Kier alpha value is -2.15. The van der Waals surface area contributed by atoms with Gasteiger partial charge in [-0.25, -0.2) is 4.79 Å². The Morgan fingerprint density at radius 3 is 2.42 bits per heavy atom. The maximum absolute atomic E-state index is 12.8. The van der Waals surface area contributed by atoms with E-state index in [-0.39, 0.29) is 29.4 Å². The van der Waals surface area contributed by atoms with E-state index in [0.717, 1.165) is 12.8 Å². The fraction of sp³-hybridized carbons (Fsp3) is 0.652. The van der Waals surface area contributed by atoms with E-state index in [1.54, 1.807) is 6.07 Å². The van der Waals surface area contributed by atoms with E-state index in [0.29, 0.717) is 35.1 Å². The highest BCUT2D eigenvalue weighted by Crippen LogP contribution is 2.35. The molecule has 1 heterocycles. The molecule has 1 aliphatic rings. The van der Waals surface area contributed by atoms with Gasteiger partial charge in [0.05, 0.1) is 23.4 Å². The minimum Gasteiger partial charge on any atom is -0.496 e. The molecule has 31 heavy (non-hydrogen) atoms. The van der Waals surface area contributed by atoms with Crippen LogP contribution >= 0.6 is 11.6 Å². The van der Waals surface area contributed by atoms with Gasteiger partial charge in [0.25, 0.3) is 5.91 Å². The molecule has 1 fully saturated rings. The number of anilines is 1. The Bertz CT molecular complexity index is 814. The Balaban J connectivity index is 2.07. The summed E-state index contributed by atoms with van der Waals surface area (Å²) in [6.07, 6.45) is 1.28. The molecule has 3 N–H and O–H groups in total. The molecule has 0 aliphatic carbocycles. The maximum Gasteiger partial charge on any atom is 0.410 e. The molecule has 2 unspecified atom stereocenters. The van der Waals surface area contributed by atoms with Crippen molar-refractivity contribution in [3.63, 3.8) is 0 Å². The molecule has 8 heteroatoms. The van der Waals surface area contributed by atoms with Crippen molar-refractivity contribution in [2.24, 2.45) is 11.3 Å². The zero-order valence-electron chi connectivity index (χ0n) is 19.7. The molecule has 0 saturated carbocycles. The van der Waals surface area contributed by atoms with Gasteiger partial charge in [0.2, 0.25) is 0 Å². The third-order valence-electron chi connectivity index (χ3n) is 5.45. The van der Waals surface area contributed by atoms with Crippen LogP contribution < -0.4 is 15.8 Å². The number of nitrogens with two attached hydrogens (primary N) is 1. The number of hydrogen-bond donors (Lipinski definition) is 2. The number of methoxy groups -OCH3 is 1. The summed E-state index contributed by atoms with van der Waals surface area (Å²) >= 11 is 6.09. The van der Waals surface area contributed by atoms with Crippen LogP contribution in [-0.4, -0.2) is 48.7 Å². The lowest BCUT2D eigenvalue weighted by atomic mass is 9.77. The van der Waals surface area contributed by atoms with Crippen molar-refractivity contribution >= 4 is 29.3 Å². The fourth-order valence-corrected chi connectivity index (χ4v) is 4.00. The van der Waals surface area contributed by atoms with Gasteiger partial charge in [-0.3, -0.25) is 4.79 Å². The number of benzene rings is 1. The number of likely N-dealkylation sites (tertiary alicyclic amines) is 1. The SMILES string of the molecule is COc1cc(N)c(Cl)cc1C(=O)NCC1CCN(C(=O)OC(C)(C)C)C(C(C)(C)C)C1. The lowest BCUT2D eigenvalue weighted by Gasteiger charge is -2.46. The first-order valence-corrected chi connectivity index (χ1v) is 11.0. The summed E-state index contributed by atoms with van der Waals surface area (Å²) in [6, 6.07) is 3.08. The number of amides is 2. The average molecular weight is 454 g/mol. The van der Waals surface area contributed by atoms with Gasteiger partial charge in [0.15, 0.2) is 0 Å². The van der Waals surface area contributed by atoms with Crippen molar-refractivity contribution in [1.82, 2.24) is 10.2 Å². The van der Waals surface area contributed by atoms with Crippen LogP contribution in [0.2, 0.25) is 5.02 Å². The summed E-state index contributed by atoms with van der Waals surface area (Å²) in [5.41, 5.74) is 5.85. The van der Waals surface area contributed by atoms with Crippen LogP contribution in [0.15, 0.2) is 12.1 Å².